The molecule has 4 nitrogen and oxygen atoms in total. The first-order valence-corrected chi connectivity index (χ1v) is 8.56. The minimum absolute atomic E-state index is 0.0905. The van der Waals surface area contributed by atoms with Crippen molar-refractivity contribution in [1.82, 2.24) is 9.55 Å². The van der Waals surface area contributed by atoms with Crippen molar-refractivity contribution >= 4 is 16.9 Å². The molecule has 0 bridgehead atoms. The fraction of sp³-hybridized carbons (Fsp3) is 0.0909. The number of nitrogens with one attached hydrogen (secondary N) is 1. The highest BCUT2D eigenvalue weighted by Gasteiger charge is 2.10. The van der Waals surface area contributed by atoms with Crippen molar-refractivity contribution in [3.05, 3.63) is 89.7 Å². The smallest absolute Gasteiger partial charge is 0.122 e. The van der Waals surface area contributed by atoms with Crippen LogP contribution in [0, 0.1) is 5.41 Å². The summed E-state index contributed by atoms with van der Waals surface area (Å²) in [5.41, 5.74) is 11.9. The summed E-state index contributed by atoms with van der Waals surface area (Å²) in [5, 5.41) is 7.49. The third kappa shape index (κ3) is 2.97. The minimum Gasteiger partial charge on any atom is -0.384 e. The Morgan fingerprint density at radius 3 is 2.38 bits per heavy atom. The molecule has 0 saturated heterocycles. The normalized spacial score (nSPS) is 11.0. The molecule has 26 heavy (non-hydrogen) atoms. The summed E-state index contributed by atoms with van der Waals surface area (Å²) >= 11 is 0. The van der Waals surface area contributed by atoms with Crippen molar-refractivity contribution < 1.29 is 0 Å². The van der Waals surface area contributed by atoms with Crippen LogP contribution >= 0.6 is 0 Å². The van der Waals surface area contributed by atoms with E-state index >= 15 is 0 Å². The predicted octanol–water partition coefficient (Wildman–Crippen LogP) is 4.12. The Kier molecular flexibility index (Phi) is 4.01. The van der Waals surface area contributed by atoms with Crippen LogP contribution in [0.5, 0.6) is 0 Å². The predicted molar refractivity (Wildman–Crippen MR) is 106 cm³/mol. The SMILES string of the molecule is Cn1c(Cc2ccc(C(=N)N)cc2)nc2cc(-c3ccccc3)ccc21. The van der Waals surface area contributed by atoms with E-state index in [0.717, 1.165) is 34.4 Å². The Hall–Kier alpha value is -3.40. The zero-order valence-corrected chi connectivity index (χ0v) is 14.6. The standard InChI is InChI=1S/C22H20N4/c1-26-20-12-11-18(16-5-3-2-4-6-16)14-19(20)25-21(26)13-15-7-9-17(10-8-15)22(23)24/h2-12,14H,13H2,1H3,(H3,23,24). The number of benzene rings is 3. The topological polar surface area (TPSA) is 67.7 Å². The van der Waals surface area contributed by atoms with Gasteiger partial charge in [0.05, 0.1) is 11.0 Å². The van der Waals surface area contributed by atoms with Crippen LogP contribution in [-0.4, -0.2) is 15.4 Å². The van der Waals surface area contributed by atoms with E-state index in [1.165, 1.54) is 11.1 Å². The lowest BCUT2D eigenvalue weighted by atomic mass is 10.1. The maximum atomic E-state index is 7.49. The molecule has 1 heterocycles. The molecule has 0 radical (unpaired) electrons. The summed E-state index contributed by atoms with van der Waals surface area (Å²) in [6, 6.07) is 24.5. The van der Waals surface area contributed by atoms with Gasteiger partial charge in [-0.1, -0.05) is 60.7 Å². The summed E-state index contributed by atoms with van der Waals surface area (Å²) in [7, 11) is 2.05. The van der Waals surface area contributed by atoms with E-state index in [1.54, 1.807) is 0 Å². The molecule has 0 spiro atoms. The average molecular weight is 340 g/mol. The van der Waals surface area contributed by atoms with Crippen molar-refractivity contribution in [2.45, 2.75) is 6.42 Å². The van der Waals surface area contributed by atoms with E-state index in [-0.39, 0.29) is 5.84 Å². The van der Waals surface area contributed by atoms with Crippen LogP contribution in [0.15, 0.2) is 72.8 Å². The maximum absolute atomic E-state index is 7.49. The lowest BCUT2D eigenvalue weighted by molar-refractivity contribution is 0.844. The lowest BCUT2D eigenvalue weighted by Gasteiger charge is -2.04. The first-order valence-electron chi connectivity index (χ1n) is 8.56. The van der Waals surface area contributed by atoms with Gasteiger partial charge in [-0.2, -0.15) is 0 Å². The number of nitrogens with zero attached hydrogens (tertiary/aromatic N) is 2. The summed E-state index contributed by atoms with van der Waals surface area (Å²) < 4.78 is 2.14. The largest absolute Gasteiger partial charge is 0.384 e. The van der Waals surface area contributed by atoms with Crippen LogP contribution < -0.4 is 5.73 Å². The second-order valence-corrected chi connectivity index (χ2v) is 6.44. The number of amidine groups is 1. The Balaban J connectivity index is 1.67. The molecule has 4 heteroatoms. The first-order chi connectivity index (χ1) is 12.6. The fourth-order valence-corrected chi connectivity index (χ4v) is 3.20. The van der Waals surface area contributed by atoms with Gasteiger partial charge in [-0.25, -0.2) is 4.98 Å². The van der Waals surface area contributed by atoms with Gasteiger partial charge in [-0.05, 0) is 28.8 Å². The molecule has 3 N–H and O–H groups in total. The fourth-order valence-electron chi connectivity index (χ4n) is 3.20. The maximum Gasteiger partial charge on any atom is 0.122 e. The van der Waals surface area contributed by atoms with Crippen molar-refractivity contribution in [2.75, 3.05) is 0 Å². The molecule has 4 aromatic rings. The van der Waals surface area contributed by atoms with Gasteiger partial charge in [0.2, 0.25) is 0 Å². The van der Waals surface area contributed by atoms with Crippen LogP contribution in [0.1, 0.15) is 17.0 Å². The van der Waals surface area contributed by atoms with Gasteiger partial charge in [0.15, 0.2) is 0 Å². The molecule has 128 valence electrons. The van der Waals surface area contributed by atoms with E-state index in [2.05, 4.69) is 41.9 Å². The number of nitrogens with two attached hydrogens (primary N) is 1. The number of hydrogen-bond acceptors (Lipinski definition) is 2. The molecule has 0 atom stereocenters. The number of nitrogen functional groups attached to an aromatic ring is 1. The zero-order chi connectivity index (χ0) is 18.1. The molecular formula is C22H20N4. The summed E-state index contributed by atoms with van der Waals surface area (Å²) in [5.74, 6) is 1.11. The molecule has 0 amide bonds. The van der Waals surface area contributed by atoms with Crippen molar-refractivity contribution in [3.8, 4) is 11.1 Å². The van der Waals surface area contributed by atoms with E-state index in [9.17, 15) is 0 Å². The van der Waals surface area contributed by atoms with Gasteiger partial charge in [0.25, 0.3) is 0 Å². The molecule has 0 saturated carbocycles. The molecular weight excluding hydrogens is 320 g/mol. The average Bonchev–Trinajstić information content (AvgIpc) is 2.98. The molecule has 0 aliphatic carbocycles. The van der Waals surface area contributed by atoms with Gasteiger partial charge in [0, 0.05) is 19.0 Å². The molecule has 3 aromatic carbocycles. The molecule has 4 rings (SSSR count). The second-order valence-electron chi connectivity index (χ2n) is 6.44. The highest BCUT2D eigenvalue weighted by molar-refractivity contribution is 5.94. The quantitative estimate of drug-likeness (QED) is 0.433. The summed E-state index contributed by atoms with van der Waals surface area (Å²) in [4.78, 5) is 4.85. The van der Waals surface area contributed by atoms with Gasteiger partial charge in [0.1, 0.15) is 11.7 Å². The number of hydrogen-bond donors (Lipinski definition) is 2. The van der Waals surface area contributed by atoms with E-state index in [0.29, 0.717) is 0 Å². The van der Waals surface area contributed by atoms with Crippen molar-refractivity contribution in [2.24, 2.45) is 12.8 Å². The van der Waals surface area contributed by atoms with Gasteiger partial charge < -0.3 is 10.3 Å². The highest BCUT2D eigenvalue weighted by Crippen LogP contribution is 2.25. The van der Waals surface area contributed by atoms with Gasteiger partial charge in [-0.3, -0.25) is 5.41 Å². The van der Waals surface area contributed by atoms with Gasteiger partial charge >= 0.3 is 0 Å². The number of aromatic nitrogens is 2. The Morgan fingerprint density at radius 2 is 1.69 bits per heavy atom. The minimum atomic E-state index is 0.0905. The third-order valence-electron chi connectivity index (χ3n) is 4.71. The first kappa shape index (κ1) is 16.1. The number of imidazole rings is 1. The van der Waals surface area contributed by atoms with Gasteiger partial charge in [-0.15, -0.1) is 0 Å². The number of fused-ring (bicyclic) bond motifs is 1. The van der Waals surface area contributed by atoms with Crippen LogP contribution in [0.2, 0.25) is 0 Å². The second kappa shape index (κ2) is 6.48. The Morgan fingerprint density at radius 1 is 0.962 bits per heavy atom. The van der Waals surface area contributed by atoms with Crippen LogP contribution in [0.4, 0.5) is 0 Å². The number of aryl methyl sites for hydroxylation is 1. The van der Waals surface area contributed by atoms with Crippen LogP contribution in [-0.2, 0) is 13.5 Å². The molecule has 0 aliphatic rings. The molecule has 0 unspecified atom stereocenters. The van der Waals surface area contributed by atoms with Crippen molar-refractivity contribution in [3.63, 3.8) is 0 Å². The summed E-state index contributed by atoms with van der Waals surface area (Å²) in [6.07, 6.45) is 0.740. The Bertz CT molecular complexity index is 1080. The molecule has 0 aliphatic heterocycles. The monoisotopic (exact) mass is 340 g/mol. The zero-order valence-electron chi connectivity index (χ0n) is 14.6. The molecule has 0 fully saturated rings. The lowest BCUT2D eigenvalue weighted by Crippen LogP contribution is -2.10. The molecule has 1 aromatic heterocycles. The Labute approximate surface area is 152 Å². The third-order valence-corrected chi connectivity index (χ3v) is 4.71. The van der Waals surface area contributed by atoms with E-state index in [4.69, 9.17) is 16.1 Å². The number of rotatable bonds is 4. The van der Waals surface area contributed by atoms with E-state index < -0.39 is 0 Å². The van der Waals surface area contributed by atoms with Crippen molar-refractivity contribution in [1.29, 1.82) is 5.41 Å². The van der Waals surface area contributed by atoms with Crippen LogP contribution in [0.3, 0.4) is 0 Å². The highest BCUT2D eigenvalue weighted by atomic mass is 15.1. The summed E-state index contributed by atoms with van der Waals surface area (Å²) in [6.45, 7) is 0. The van der Waals surface area contributed by atoms with Crippen LogP contribution in [0.25, 0.3) is 22.2 Å². The van der Waals surface area contributed by atoms with E-state index in [1.807, 2.05) is 42.5 Å².